The van der Waals surface area contributed by atoms with Crippen LogP contribution < -0.4 is 0 Å². The molecule has 0 amide bonds. The highest BCUT2D eigenvalue weighted by Gasteiger charge is 2.53. The number of benzene rings is 2. The average molecular weight is 274 g/mol. The molecule has 1 fully saturated rings. The lowest BCUT2D eigenvalue weighted by atomic mass is 10.0. The van der Waals surface area contributed by atoms with Crippen LogP contribution in [-0.4, -0.2) is 9.97 Å². The summed E-state index contributed by atoms with van der Waals surface area (Å²) < 4.78 is 0. The molecule has 1 unspecified atom stereocenters. The van der Waals surface area contributed by atoms with Gasteiger partial charge in [-0.2, -0.15) is 0 Å². The molecule has 3 atom stereocenters. The second kappa shape index (κ2) is 4.88. The Morgan fingerprint density at radius 1 is 0.762 bits per heavy atom. The van der Waals surface area contributed by atoms with Crippen LogP contribution in [-0.2, 0) is 0 Å². The van der Waals surface area contributed by atoms with E-state index in [2.05, 4.69) is 70.6 Å². The summed E-state index contributed by atoms with van der Waals surface area (Å²) in [7, 11) is 0. The van der Waals surface area contributed by atoms with Crippen molar-refractivity contribution in [3.63, 3.8) is 0 Å². The minimum atomic E-state index is 0.510. The third-order valence-electron chi connectivity index (χ3n) is 4.47. The molecule has 0 radical (unpaired) electrons. The first-order chi connectivity index (χ1) is 10.3. The van der Waals surface area contributed by atoms with Crippen LogP contribution in [0.25, 0.3) is 0 Å². The van der Waals surface area contributed by atoms with Crippen molar-refractivity contribution in [1.82, 2.24) is 9.97 Å². The van der Waals surface area contributed by atoms with Crippen LogP contribution in [0.15, 0.2) is 66.9 Å². The molecule has 1 saturated carbocycles. The van der Waals surface area contributed by atoms with Crippen molar-refractivity contribution in [3.05, 3.63) is 89.5 Å². The van der Waals surface area contributed by atoms with Crippen molar-refractivity contribution in [1.29, 1.82) is 0 Å². The van der Waals surface area contributed by atoms with Crippen molar-refractivity contribution < 1.29 is 0 Å². The van der Waals surface area contributed by atoms with Crippen molar-refractivity contribution in [2.24, 2.45) is 0 Å². The zero-order chi connectivity index (χ0) is 14.2. The number of nitrogens with one attached hydrogen (secondary N) is 1. The highest BCUT2D eigenvalue weighted by atomic mass is 14.9. The van der Waals surface area contributed by atoms with E-state index in [9.17, 15) is 0 Å². The Hall–Kier alpha value is -2.35. The number of aromatic nitrogens is 2. The first kappa shape index (κ1) is 12.4. The molecule has 104 valence electrons. The van der Waals surface area contributed by atoms with E-state index in [1.165, 1.54) is 16.8 Å². The van der Waals surface area contributed by atoms with Gasteiger partial charge in [0.2, 0.25) is 0 Å². The Morgan fingerprint density at radius 2 is 1.29 bits per heavy atom. The molecule has 1 N–H and O–H groups in total. The van der Waals surface area contributed by atoms with E-state index < -0.39 is 0 Å². The van der Waals surface area contributed by atoms with E-state index in [0.29, 0.717) is 17.8 Å². The molecule has 1 aromatic heterocycles. The zero-order valence-electron chi connectivity index (χ0n) is 12.0. The van der Waals surface area contributed by atoms with Crippen molar-refractivity contribution in [3.8, 4) is 0 Å². The first-order valence-electron chi connectivity index (χ1n) is 7.46. The maximum Gasteiger partial charge on any atom is 0.103 e. The molecule has 21 heavy (non-hydrogen) atoms. The van der Waals surface area contributed by atoms with Crippen LogP contribution in [0.4, 0.5) is 0 Å². The second-order valence-corrected chi connectivity index (χ2v) is 5.82. The Bertz CT molecular complexity index is 685. The monoisotopic (exact) mass is 274 g/mol. The Kier molecular flexibility index (Phi) is 2.88. The number of imidazole rings is 1. The highest BCUT2D eigenvalue weighted by molar-refractivity contribution is 5.45. The number of nitrogens with zero attached hydrogens (tertiary/aromatic N) is 1. The van der Waals surface area contributed by atoms with E-state index in [0.717, 1.165) is 5.82 Å². The molecule has 0 saturated heterocycles. The first-order valence-corrected chi connectivity index (χ1v) is 7.46. The summed E-state index contributed by atoms with van der Waals surface area (Å²) in [6, 6.07) is 21.6. The summed E-state index contributed by atoms with van der Waals surface area (Å²) in [6.45, 7) is 2.01. The number of H-pyrrole nitrogens is 1. The Morgan fingerprint density at radius 3 is 1.71 bits per heavy atom. The molecule has 4 rings (SSSR count). The van der Waals surface area contributed by atoms with Gasteiger partial charge in [0, 0.05) is 29.6 Å². The van der Waals surface area contributed by atoms with Crippen LogP contribution in [0.5, 0.6) is 0 Å². The Labute approximate surface area is 124 Å². The smallest absolute Gasteiger partial charge is 0.103 e. The topological polar surface area (TPSA) is 28.7 Å². The summed E-state index contributed by atoms with van der Waals surface area (Å²) >= 11 is 0. The molecular weight excluding hydrogens is 256 g/mol. The van der Waals surface area contributed by atoms with Crippen molar-refractivity contribution in [2.75, 3.05) is 0 Å². The quantitative estimate of drug-likeness (QED) is 0.754. The van der Waals surface area contributed by atoms with Gasteiger partial charge in [0.15, 0.2) is 0 Å². The zero-order valence-corrected chi connectivity index (χ0v) is 12.0. The van der Waals surface area contributed by atoms with Gasteiger partial charge in [-0.25, -0.2) is 4.98 Å². The van der Waals surface area contributed by atoms with E-state index >= 15 is 0 Å². The summed E-state index contributed by atoms with van der Waals surface area (Å²) in [5.41, 5.74) is 4.10. The number of aromatic amines is 1. The van der Waals surface area contributed by atoms with E-state index in [-0.39, 0.29) is 0 Å². The average Bonchev–Trinajstić information content (AvgIpc) is 3.15. The fourth-order valence-corrected chi connectivity index (χ4v) is 3.49. The lowest BCUT2D eigenvalue weighted by Crippen LogP contribution is -1.84. The predicted octanol–water partition coefficient (Wildman–Crippen LogP) is 4.38. The van der Waals surface area contributed by atoms with E-state index in [1.54, 1.807) is 0 Å². The summed E-state index contributed by atoms with van der Waals surface area (Å²) in [5, 5.41) is 0. The molecule has 2 nitrogen and oxygen atoms in total. The molecule has 0 spiro atoms. The van der Waals surface area contributed by atoms with Gasteiger partial charge in [0.05, 0.1) is 0 Å². The van der Waals surface area contributed by atoms with Crippen LogP contribution in [0, 0.1) is 6.92 Å². The molecule has 1 aliphatic carbocycles. The van der Waals surface area contributed by atoms with Gasteiger partial charge in [0.25, 0.3) is 0 Å². The molecule has 1 heterocycles. The predicted molar refractivity (Wildman–Crippen MR) is 84.4 cm³/mol. The molecule has 0 bridgehead atoms. The number of aryl methyl sites for hydroxylation is 1. The third-order valence-corrected chi connectivity index (χ3v) is 4.47. The van der Waals surface area contributed by atoms with Gasteiger partial charge in [-0.15, -0.1) is 0 Å². The summed E-state index contributed by atoms with van der Waals surface area (Å²) in [6.07, 6.45) is 2.00. The fraction of sp³-hybridized carbons (Fsp3) is 0.211. The minimum absolute atomic E-state index is 0.510. The van der Waals surface area contributed by atoms with Crippen LogP contribution in [0.3, 0.4) is 0 Å². The standard InChI is InChI=1S/C19H18N2/c1-13-20-12-16(21-13)19-17(14-8-4-2-5-9-14)18(19)15-10-6-3-7-11-15/h2-12,17-19H,1H3,(H,20,21)/t17-,18+,19?. The van der Waals surface area contributed by atoms with Crippen molar-refractivity contribution in [2.45, 2.75) is 24.7 Å². The molecular formula is C19H18N2. The SMILES string of the molecule is Cc1ncc(C2[C@@H](c3ccccc3)[C@H]2c2ccccc2)[nH]1. The normalized spacial score (nSPS) is 24.0. The van der Waals surface area contributed by atoms with Gasteiger partial charge >= 0.3 is 0 Å². The fourth-order valence-electron chi connectivity index (χ4n) is 3.49. The molecule has 3 aromatic rings. The lowest BCUT2D eigenvalue weighted by molar-refractivity contribution is 0.963. The number of hydrogen-bond donors (Lipinski definition) is 1. The molecule has 2 heteroatoms. The van der Waals surface area contributed by atoms with Crippen LogP contribution in [0.2, 0.25) is 0 Å². The van der Waals surface area contributed by atoms with E-state index in [4.69, 9.17) is 0 Å². The van der Waals surface area contributed by atoms with Crippen LogP contribution in [0.1, 0.15) is 40.4 Å². The number of hydrogen-bond acceptors (Lipinski definition) is 1. The number of rotatable bonds is 3. The lowest BCUT2D eigenvalue weighted by Gasteiger charge is -2.00. The third kappa shape index (κ3) is 2.17. The molecule has 1 aliphatic rings. The highest BCUT2D eigenvalue weighted by Crippen LogP contribution is 2.65. The minimum Gasteiger partial charge on any atom is -0.346 e. The van der Waals surface area contributed by atoms with Crippen LogP contribution >= 0.6 is 0 Å². The summed E-state index contributed by atoms with van der Waals surface area (Å²) in [5.74, 6) is 2.61. The Balaban J connectivity index is 1.73. The van der Waals surface area contributed by atoms with Crippen molar-refractivity contribution >= 4 is 0 Å². The second-order valence-electron chi connectivity index (χ2n) is 5.82. The molecule has 2 aromatic carbocycles. The largest absolute Gasteiger partial charge is 0.346 e. The maximum absolute atomic E-state index is 4.38. The van der Waals surface area contributed by atoms with Gasteiger partial charge in [-0.3, -0.25) is 0 Å². The maximum atomic E-state index is 4.38. The van der Waals surface area contributed by atoms with Gasteiger partial charge in [0.1, 0.15) is 5.82 Å². The van der Waals surface area contributed by atoms with Gasteiger partial charge < -0.3 is 4.98 Å². The molecule has 0 aliphatic heterocycles. The van der Waals surface area contributed by atoms with E-state index in [1.807, 2.05) is 13.1 Å². The van der Waals surface area contributed by atoms with Gasteiger partial charge in [-0.1, -0.05) is 60.7 Å². The summed E-state index contributed by atoms with van der Waals surface area (Å²) in [4.78, 5) is 7.80. The van der Waals surface area contributed by atoms with Gasteiger partial charge in [-0.05, 0) is 18.1 Å².